The lowest BCUT2D eigenvalue weighted by molar-refractivity contribution is -0.135. The molecule has 3 aliphatic rings. The average Bonchev–Trinajstić information content (AvgIpc) is 3.11. The van der Waals surface area contributed by atoms with Crippen molar-refractivity contribution in [1.29, 1.82) is 0 Å². The molecular formula is C14H22N2O. The zero-order chi connectivity index (χ0) is 11.8. The van der Waals surface area contributed by atoms with E-state index in [-0.39, 0.29) is 6.04 Å². The van der Waals surface area contributed by atoms with E-state index in [1.165, 1.54) is 6.42 Å². The van der Waals surface area contributed by atoms with Gasteiger partial charge in [-0.2, -0.15) is 0 Å². The Kier molecular flexibility index (Phi) is 2.95. The van der Waals surface area contributed by atoms with Crippen LogP contribution in [-0.4, -0.2) is 36.5 Å². The third-order valence-electron chi connectivity index (χ3n) is 4.65. The van der Waals surface area contributed by atoms with Crippen LogP contribution in [0.1, 0.15) is 32.1 Å². The number of hydrogen-bond acceptors (Lipinski definition) is 2. The van der Waals surface area contributed by atoms with Gasteiger partial charge in [0.2, 0.25) is 5.91 Å². The van der Waals surface area contributed by atoms with E-state index in [9.17, 15) is 4.79 Å². The lowest BCUT2D eigenvalue weighted by atomic mass is 9.99. The number of likely N-dealkylation sites (N-methyl/N-ethyl adjacent to an activating group) is 1. The van der Waals surface area contributed by atoms with Gasteiger partial charge in [-0.05, 0) is 51.0 Å². The van der Waals surface area contributed by atoms with Crippen LogP contribution in [0.2, 0.25) is 0 Å². The van der Waals surface area contributed by atoms with Crippen LogP contribution in [0.25, 0.3) is 0 Å². The van der Waals surface area contributed by atoms with Crippen LogP contribution in [0, 0.1) is 11.8 Å². The molecule has 17 heavy (non-hydrogen) atoms. The topological polar surface area (TPSA) is 32.3 Å². The van der Waals surface area contributed by atoms with E-state index in [1.807, 2.05) is 7.05 Å². The lowest BCUT2D eigenvalue weighted by Gasteiger charge is -2.34. The Labute approximate surface area is 103 Å². The minimum Gasteiger partial charge on any atom is -0.338 e. The van der Waals surface area contributed by atoms with Crippen LogP contribution in [-0.2, 0) is 4.79 Å². The number of fused-ring (bicyclic) bond motifs is 1. The van der Waals surface area contributed by atoms with Gasteiger partial charge in [-0.3, -0.25) is 4.79 Å². The molecule has 1 amide bonds. The molecule has 94 valence electrons. The van der Waals surface area contributed by atoms with Crippen molar-refractivity contribution in [3.63, 3.8) is 0 Å². The monoisotopic (exact) mass is 234 g/mol. The lowest BCUT2D eigenvalue weighted by Crippen LogP contribution is -2.49. The molecule has 4 atom stereocenters. The van der Waals surface area contributed by atoms with E-state index in [4.69, 9.17) is 0 Å². The van der Waals surface area contributed by atoms with Gasteiger partial charge in [0.15, 0.2) is 0 Å². The fourth-order valence-electron chi connectivity index (χ4n) is 3.40. The summed E-state index contributed by atoms with van der Waals surface area (Å²) in [5.74, 6) is 1.95. The molecule has 3 nitrogen and oxygen atoms in total. The van der Waals surface area contributed by atoms with Crippen LogP contribution in [0.15, 0.2) is 12.2 Å². The van der Waals surface area contributed by atoms with Gasteiger partial charge < -0.3 is 10.2 Å². The summed E-state index contributed by atoms with van der Waals surface area (Å²) >= 11 is 0. The molecule has 2 aliphatic carbocycles. The Hall–Kier alpha value is -0.830. The number of nitrogens with zero attached hydrogens (tertiary/aromatic N) is 1. The molecule has 1 saturated heterocycles. The Morgan fingerprint density at radius 2 is 2.18 bits per heavy atom. The minimum absolute atomic E-state index is 0.0680. The zero-order valence-electron chi connectivity index (χ0n) is 10.6. The Morgan fingerprint density at radius 3 is 2.88 bits per heavy atom. The molecule has 3 rings (SSSR count). The van der Waals surface area contributed by atoms with Crippen molar-refractivity contribution in [2.75, 3.05) is 13.6 Å². The number of nitrogens with one attached hydrogen (secondary N) is 1. The van der Waals surface area contributed by atoms with E-state index in [2.05, 4.69) is 22.4 Å². The standard InChI is InChI=1S/C14H22N2O/c1-15-13-8-10-7-11(10)9-16(14(13)17)12-5-3-2-4-6-12/h2-3,10-13,15H,4-9H2,1H3. The smallest absolute Gasteiger partial charge is 0.239 e. The molecular weight excluding hydrogens is 212 g/mol. The zero-order valence-corrected chi connectivity index (χ0v) is 10.6. The second kappa shape index (κ2) is 4.45. The van der Waals surface area contributed by atoms with E-state index < -0.39 is 0 Å². The van der Waals surface area contributed by atoms with E-state index in [0.29, 0.717) is 11.9 Å². The van der Waals surface area contributed by atoms with Gasteiger partial charge >= 0.3 is 0 Å². The van der Waals surface area contributed by atoms with Gasteiger partial charge in [0.1, 0.15) is 0 Å². The molecule has 4 unspecified atom stereocenters. The molecule has 2 fully saturated rings. The van der Waals surface area contributed by atoms with Crippen LogP contribution >= 0.6 is 0 Å². The Bertz CT molecular complexity index is 339. The van der Waals surface area contributed by atoms with Gasteiger partial charge in [0, 0.05) is 12.6 Å². The third kappa shape index (κ3) is 2.13. The Morgan fingerprint density at radius 1 is 1.29 bits per heavy atom. The molecule has 0 radical (unpaired) electrons. The summed E-state index contributed by atoms with van der Waals surface area (Å²) in [5, 5.41) is 3.21. The summed E-state index contributed by atoms with van der Waals surface area (Å²) in [6.07, 6.45) is 10.2. The number of carbonyl (C=O) groups excluding carboxylic acids is 1. The van der Waals surface area contributed by atoms with Gasteiger partial charge in [-0.25, -0.2) is 0 Å². The highest BCUT2D eigenvalue weighted by Gasteiger charge is 2.46. The highest BCUT2D eigenvalue weighted by atomic mass is 16.2. The normalized spacial score (nSPS) is 41.0. The van der Waals surface area contributed by atoms with Gasteiger partial charge in [0.25, 0.3) is 0 Å². The summed E-state index contributed by atoms with van der Waals surface area (Å²) in [5.41, 5.74) is 0. The molecule has 3 heteroatoms. The van der Waals surface area contributed by atoms with Crippen molar-refractivity contribution < 1.29 is 4.79 Å². The van der Waals surface area contributed by atoms with Gasteiger partial charge in [0.05, 0.1) is 6.04 Å². The van der Waals surface area contributed by atoms with Crippen LogP contribution < -0.4 is 5.32 Å². The fraction of sp³-hybridized carbons (Fsp3) is 0.786. The van der Waals surface area contributed by atoms with Crippen molar-refractivity contribution in [1.82, 2.24) is 10.2 Å². The number of carbonyl (C=O) groups is 1. The predicted molar refractivity (Wildman–Crippen MR) is 67.6 cm³/mol. The fourth-order valence-corrected chi connectivity index (χ4v) is 3.40. The van der Waals surface area contributed by atoms with Gasteiger partial charge in [-0.15, -0.1) is 0 Å². The maximum absolute atomic E-state index is 12.5. The van der Waals surface area contributed by atoms with Crippen LogP contribution in [0.5, 0.6) is 0 Å². The van der Waals surface area contributed by atoms with Gasteiger partial charge in [-0.1, -0.05) is 12.2 Å². The average molecular weight is 234 g/mol. The summed E-state index contributed by atoms with van der Waals surface area (Å²) in [7, 11) is 1.92. The summed E-state index contributed by atoms with van der Waals surface area (Å²) in [4.78, 5) is 14.7. The van der Waals surface area contributed by atoms with Crippen LogP contribution in [0.3, 0.4) is 0 Å². The molecule has 1 N–H and O–H groups in total. The van der Waals surface area contributed by atoms with E-state index >= 15 is 0 Å². The molecule has 0 aromatic rings. The molecule has 0 aromatic carbocycles. The summed E-state index contributed by atoms with van der Waals surface area (Å²) < 4.78 is 0. The number of likely N-dealkylation sites (tertiary alicyclic amines) is 1. The first-order valence-corrected chi connectivity index (χ1v) is 6.92. The first-order chi connectivity index (χ1) is 8.29. The number of rotatable bonds is 2. The maximum Gasteiger partial charge on any atom is 0.239 e. The quantitative estimate of drug-likeness (QED) is 0.735. The molecule has 0 aromatic heterocycles. The molecule has 1 aliphatic heterocycles. The third-order valence-corrected chi connectivity index (χ3v) is 4.65. The Balaban J connectivity index is 1.76. The highest BCUT2D eigenvalue weighted by Crippen LogP contribution is 2.45. The summed E-state index contributed by atoms with van der Waals surface area (Å²) in [6.45, 7) is 1.01. The largest absolute Gasteiger partial charge is 0.338 e. The SMILES string of the molecule is CNC1CC2CC2CN(C2CC=CCC2)C1=O. The number of hydrogen-bond donors (Lipinski definition) is 1. The molecule has 0 spiro atoms. The first-order valence-electron chi connectivity index (χ1n) is 6.92. The van der Waals surface area contributed by atoms with Crippen molar-refractivity contribution in [2.45, 2.75) is 44.2 Å². The molecule has 0 bridgehead atoms. The minimum atomic E-state index is 0.0680. The molecule has 1 saturated carbocycles. The molecule has 1 heterocycles. The maximum atomic E-state index is 12.5. The van der Waals surface area contributed by atoms with E-state index in [1.54, 1.807) is 0 Å². The van der Waals surface area contributed by atoms with E-state index in [0.717, 1.165) is 44.1 Å². The van der Waals surface area contributed by atoms with Crippen molar-refractivity contribution in [2.24, 2.45) is 11.8 Å². The number of amides is 1. The second-order valence-corrected chi connectivity index (χ2v) is 5.76. The highest BCUT2D eigenvalue weighted by molar-refractivity contribution is 5.82. The van der Waals surface area contributed by atoms with Crippen LogP contribution in [0.4, 0.5) is 0 Å². The first kappa shape index (κ1) is 11.3. The van der Waals surface area contributed by atoms with Crippen molar-refractivity contribution >= 4 is 5.91 Å². The predicted octanol–water partition coefficient (Wildman–Crippen LogP) is 1.55. The second-order valence-electron chi connectivity index (χ2n) is 5.76. The van der Waals surface area contributed by atoms with Crippen molar-refractivity contribution in [3.05, 3.63) is 12.2 Å². The number of allylic oxidation sites excluding steroid dienone is 1. The van der Waals surface area contributed by atoms with Crippen molar-refractivity contribution in [3.8, 4) is 0 Å². The summed E-state index contributed by atoms with van der Waals surface area (Å²) in [6, 6.07) is 0.529.